The van der Waals surface area contributed by atoms with Crippen molar-refractivity contribution >= 4 is 11.8 Å². The van der Waals surface area contributed by atoms with Gasteiger partial charge in [0.25, 0.3) is 11.8 Å². The summed E-state index contributed by atoms with van der Waals surface area (Å²) in [4.78, 5) is 28.9. The fraction of sp³-hybridized carbons (Fsp3) is 0.263. The van der Waals surface area contributed by atoms with Crippen LogP contribution < -0.4 is 0 Å². The maximum Gasteiger partial charge on any atom is 0.261 e. The predicted octanol–water partition coefficient (Wildman–Crippen LogP) is 2.56. The smallest absolute Gasteiger partial charge is 0.261 e. The summed E-state index contributed by atoms with van der Waals surface area (Å²) in [6.45, 7) is 2.52. The second kappa shape index (κ2) is 5.63. The average Bonchev–Trinajstić information content (AvgIpc) is 3.12. The van der Waals surface area contributed by atoms with Crippen LogP contribution in [0.3, 0.4) is 0 Å². The number of likely N-dealkylation sites (tertiary alicyclic amines) is 1. The van der Waals surface area contributed by atoms with Crippen LogP contribution in [0.4, 0.5) is 0 Å². The quantitative estimate of drug-likeness (QED) is 0.818. The third-order valence-corrected chi connectivity index (χ3v) is 4.69. The highest BCUT2D eigenvalue weighted by atomic mass is 16.2. The van der Waals surface area contributed by atoms with Gasteiger partial charge in [0, 0.05) is 19.6 Å². The molecule has 0 radical (unpaired) electrons. The first-order valence-electron chi connectivity index (χ1n) is 7.97. The molecule has 0 unspecified atom stereocenters. The molecule has 4 rings (SSSR count). The van der Waals surface area contributed by atoms with Crippen molar-refractivity contribution < 1.29 is 9.59 Å². The van der Waals surface area contributed by atoms with E-state index in [2.05, 4.69) is 17.0 Å². The van der Waals surface area contributed by atoms with E-state index in [1.807, 2.05) is 30.3 Å². The van der Waals surface area contributed by atoms with Gasteiger partial charge in [-0.15, -0.1) is 0 Å². The molecule has 4 nitrogen and oxygen atoms in total. The molecule has 116 valence electrons. The molecule has 2 aliphatic heterocycles. The molecule has 0 aliphatic carbocycles. The molecule has 0 aromatic heterocycles. The standard InChI is InChI=1S/C19H18N2O2/c22-18-16-8-4-5-9-17(16)19(23)21(18)15-10-11-20(13-15)12-14-6-2-1-3-7-14/h1-9,15H,10-13H2/t15-/m1/s1. The molecule has 0 N–H and O–H groups in total. The molecular formula is C19H18N2O2. The fourth-order valence-corrected chi connectivity index (χ4v) is 3.55. The molecular weight excluding hydrogens is 288 g/mol. The van der Waals surface area contributed by atoms with Crippen LogP contribution in [0.2, 0.25) is 0 Å². The largest absolute Gasteiger partial charge is 0.297 e. The minimum atomic E-state index is -0.142. The number of rotatable bonds is 3. The summed E-state index contributed by atoms with van der Waals surface area (Å²) in [5.41, 5.74) is 2.34. The fourth-order valence-electron chi connectivity index (χ4n) is 3.55. The molecule has 0 bridgehead atoms. The number of fused-ring (bicyclic) bond motifs is 1. The van der Waals surface area contributed by atoms with Crippen molar-refractivity contribution in [3.05, 3.63) is 71.3 Å². The second-order valence-electron chi connectivity index (χ2n) is 6.19. The van der Waals surface area contributed by atoms with Gasteiger partial charge >= 0.3 is 0 Å². The van der Waals surface area contributed by atoms with E-state index >= 15 is 0 Å². The lowest BCUT2D eigenvalue weighted by molar-refractivity contribution is 0.0588. The molecule has 0 saturated carbocycles. The van der Waals surface area contributed by atoms with Crippen LogP contribution >= 0.6 is 0 Å². The topological polar surface area (TPSA) is 40.6 Å². The molecule has 23 heavy (non-hydrogen) atoms. The monoisotopic (exact) mass is 306 g/mol. The van der Waals surface area contributed by atoms with Crippen LogP contribution in [0, 0.1) is 0 Å². The van der Waals surface area contributed by atoms with Crippen molar-refractivity contribution in [1.82, 2.24) is 9.80 Å². The third kappa shape index (κ3) is 2.45. The highest BCUT2D eigenvalue weighted by Crippen LogP contribution is 2.28. The van der Waals surface area contributed by atoms with Crippen molar-refractivity contribution in [3.8, 4) is 0 Å². The summed E-state index contributed by atoms with van der Waals surface area (Å²) in [5, 5.41) is 0. The number of carbonyl (C=O) groups excluding carboxylic acids is 2. The van der Waals surface area contributed by atoms with E-state index in [9.17, 15) is 9.59 Å². The van der Waals surface area contributed by atoms with Crippen LogP contribution in [0.1, 0.15) is 32.7 Å². The Morgan fingerprint density at radius 1 is 0.870 bits per heavy atom. The summed E-state index contributed by atoms with van der Waals surface area (Å²) in [6.07, 6.45) is 0.846. The van der Waals surface area contributed by atoms with Gasteiger partial charge in [0.05, 0.1) is 17.2 Å². The number of benzene rings is 2. The van der Waals surface area contributed by atoms with E-state index in [0.717, 1.165) is 26.1 Å². The Hall–Kier alpha value is -2.46. The minimum absolute atomic E-state index is 0.0221. The van der Waals surface area contributed by atoms with Gasteiger partial charge in [-0.25, -0.2) is 0 Å². The van der Waals surface area contributed by atoms with Crippen LogP contribution in [0.5, 0.6) is 0 Å². The first-order chi connectivity index (χ1) is 11.2. The third-order valence-electron chi connectivity index (χ3n) is 4.69. The van der Waals surface area contributed by atoms with E-state index in [0.29, 0.717) is 11.1 Å². The summed E-state index contributed by atoms with van der Waals surface area (Å²) < 4.78 is 0. The van der Waals surface area contributed by atoms with E-state index in [1.54, 1.807) is 12.1 Å². The zero-order valence-corrected chi connectivity index (χ0v) is 12.8. The van der Waals surface area contributed by atoms with E-state index in [4.69, 9.17) is 0 Å². The lowest BCUT2D eigenvalue weighted by Crippen LogP contribution is -2.41. The Morgan fingerprint density at radius 2 is 1.48 bits per heavy atom. The maximum atomic E-state index is 12.5. The van der Waals surface area contributed by atoms with Crippen LogP contribution in [-0.2, 0) is 6.54 Å². The summed E-state index contributed by atoms with van der Waals surface area (Å²) in [6, 6.07) is 17.4. The molecule has 1 saturated heterocycles. The van der Waals surface area contributed by atoms with Gasteiger partial charge in [-0.3, -0.25) is 19.4 Å². The minimum Gasteiger partial charge on any atom is -0.297 e. The number of carbonyl (C=O) groups is 2. The van der Waals surface area contributed by atoms with Crippen molar-refractivity contribution in [3.63, 3.8) is 0 Å². The Balaban J connectivity index is 1.49. The second-order valence-corrected chi connectivity index (χ2v) is 6.19. The van der Waals surface area contributed by atoms with Crippen LogP contribution in [-0.4, -0.2) is 40.7 Å². The first kappa shape index (κ1) is 14.2. The number of amides is 2. The Morgan fingerprint density at radius 3 is 2.13 bits per heavy atom. The van der Waals surface area contributed by atoms with Gasteiger partial charge < -0.3 is 0 Å². The zero-order valence-electron chi connectivity index (χ0n) is 12.8. The van der Waals surface area contributed by atoms with Crippen molar-refractivity contribution in [2.45, 2.75) is 19.0 Å². The normalized spacial score (nSPS) is 21.0. The van der Waals surface area contributed by atoms with Crippen LogP contribution in [0.25, 0.3) is 0 Å². The zero-order chi connectivity index (χ0) is 15.8. The Kier molecular flexibility index (Phi) is 3.46. The van der Waals surface area contributed by atoms with E-state index in [1.165, 1.54) is 10.5 Å². The number of imide groups is 1. The van der Waals surface area contributed by atoms with Gasteiger partial charge in [-0.1, -0.05) is 42.5 Å². The molecule has 2 amide bonds. The highest BCUT2D eigenvalue weighted by molar-refractivity contribution is 6.21. The first-order valence-corrected chi connectivity index (χ1v) is 7.97. The predicted molar refractivity (Wildman–Crippen MR) is 87.1 cm³/mol. The van der Waals surface area contributed by atoms with Gasteiger partial charge in [0.15, 0.2) is 0 Å². The number of hydrogen-bond donors (Lipinski definition) is 0. The van der Waals surface area contributed by atoms with Crippen LogP contribution in [0.15, 0.2) is 54.6 Å². The van der Waals surface area contributed by atoms with Crippen molar-refractivity contribution in [2.75, 3.05) is 13.1 Å². The Labute approximate surface area is 135 Å². The van der Waals surface area contributed by atoms with E-state index in [-0.39, 0.29) is 17.9 Å². The average molecular weight is 306 g/mol. The van der Waals surface area contributed by atoms with Crippen molar-refractivity contribution in [1.29, 1.82) is 0 Å². The molecule has 4 heteroatoms. The molecule has 2 heterocycles. The Bertz CT molecular complexity index is 722. The number of hydrogen-bond acceptors (Lipinski definition) is 3. The maximum absolute atomic E-state index is 12.5. The summed E-state index contributed by atoms with van der Waals surface area (Å²) in [5.74, 6) is -0.283. The van der Waals surface area contributed by atoms with Gasteiger partial charge in [-0.2, -0.15) is 0 Å². The summed E-state index contributed by atoms with van der Waals surface area (Å²) >= 11 is 0. The summed E-state index contributed by atoms with van der Waals surface area (Å²) in [7, 11) is 0. The van der Waals surface area contributed by atoms with Gasteiger partial charge in [-0.05, 0) is 24.1 Å². The molecule has 2 aromatic carbocycles. The SMILES string of the molecule is O=C1c2ccccc2C(=O)N1[C@@H]1CCN(Cc2ccccc2)C1. The molecule has 0 spiro atoms. The molecule has 1 atom stereocenters. The molecule has 1 fully saturated rings. The van der Waals surface area contributed by atoms with Gasteiger partial charge in [0.2, 0.25) is 0 Å². The van der Waals surface area contributed by atoms with E-state index < -0.39 is 0 Å². The van der Waals surface area contributed by atoms with Crippen molar-refractivity contribution in [2.24, 2.45) is 0 Å². The van der Waals surface area contributed by atoms with Gasteiger partial charge in [0.1, 0.15) is 0 Å². The highest BCUT2D eigenvalue weighted by Gasteiger charge is 2.41. The number of nitrogens with zero attached hydrogens (tertiary/aromatic N) is 2. The molecule has 2 aromatic rings. The molecule has 2 aliphatic rings. The lowest BCUT2D eigenvalue weighted by Gasteiger charge is -2.22. The lowest BCUT2D eigenvalue weighted by atomic mass is 10.1.